The maximum Gasteiger partial charge on any atom is 0.416 e. The number of nitrogens with one attached hydrogen (secondary N) is 1. The van der Waals surface area contributed by atoms with Gasteiger partial charge < -0.3 is 5.32 Å². The van der Waals surface area contributed by atoms with Crippen molar-refractivity contribution in [3.63, 3.8) is 0 Å². The van der Waals surface area contributed by atoms with Crippen LogP contribution >= 0.6 is 11.8 Å². The van der Waals surface area contributed by atoms with Gasteiger partial charge in [-0.3, -0.25) is 9.36 Å². The van der Waals surface area contributed by atoms with Gasteiger partial charge in [0.05, 0.1) is 16.4 Å². The molecule has 3 rings (SSSR count). The monoisotopic (exact) mass is 450 g/mol. The average molecular weight is 450 g/mol. The number of aromatic nitrogens is 3. The third kappa shape index (κ3) is 5.32. The number of benzene rings is 2. The highest BCUT2D eigenvalue weighted by Crippen LogP contribution is 2.31. The summed E-state index contributed by atoms with van der Waals surface area (Å²) in [6, 6.07) is 10.3. The van der Waals surface area contributed by atoms with Gasteiger partial charge >= 0.3 is 6.18 Å². The van der Waals surface area contributed by atoms with Crippen LogP contribution in [-0.4, -0.2) is 25.9 Å². The van der Waals surface area contributed by atoms with E-state index in [1.165, 1.54) is 18.2 Å². The zero-order chi connectivity index (χ0) is 22.6. The summed E-state index contributed by atoms with van der Waals surface area (Å²) >= 11 is 1.09. The molecule has 2 aromatic carbocycles. The molecular weight excluding hydrogens is 432 g/mol. The van der Waals surface area contributed by atoms with E-state index in [4.69, 9.17) is 0 Å². The molecule has 10 heteroatoms. The summed E-state index contributed by atoms with van der Waals surface area (Å²) in [4.78, 5) is 12.5. The maximum absolute atomic E-state index is 14.2. The number of hydrogen-bond acceptors (Lipinski definition) is 4. The van der Waals surface area contributed by atoms with Crippen molar-refractivity contribution in [3.8, 4) is 11.4 Å². The van der Waals surface area contributed by atoms with Gasteiger partial charge in [-0.1, -0.05) is 30.0 Å². The molecule has 1 unspecified atom stereocenters. The Morgan fingerprint density at radius 1 is 1.19 bits per heavy atom. The Morgan fingerprint density at radius 3 is 2.48 bits per heavy atom. The molecule has 5 nitrogen and oxygen atoms in total. The number of allylic oxidation sites excluding steroid dienone is 1. The Labute approximate surface area is 180 Å². The van der Waals surface area contributed by atoms with E-state index >= 15 is 0 Å². The molecule has 0 fully saturated rings. The molecule has 1 heterocycles. The second kappa shape index (κ2) is 9.34. The standard InChI is InChI=1S/C21H18F4N4OS/c1-3-12-29-18(16-6-4-5-7-17(16)22)27-28-20(29)31-13(2)19(30)26-15-10-8-14(9-11-15)21(23,24)25/h3-11,13H,1,12H2,2H3,(H,26,30). The number of thioether (sulfide) groups is 1. The summed E-state index contributed by atoms with van der Waals surface area (Å²) in [6.45, 7) is 5.61. The topological polar surface area (TPSA) is 59.8 Å². The number of rotatable bonds is 7. The summed E-state index contributed by atoms with van der Waals surface area (Å²) in [5.74, 6) is -0.578. The quantitative estimate of drug-likeness (QED) is 0.297. The predicted molar refractivity (Wildman–Crippen MR) is 111 cm³/mol. The van der Waals surface area contributed by atoms with Gasteiger partial charge in [0.1, 0.15) is 5.82 Å². The molecule has 0 radical (unpaired) electrons. The first-order chi connectivity index (χ1) is 14.7. The molecule has 31 heavy (non-hydrogen) atoms. The maximum atomic E-state index is 14.2. The lowest BCUT2D eigenvalue weighted by Gasteiger charge is -2.13. The molecule has 0 aliphatic heterocycles. The molecule has 162 valence electrons. The number of carbonyl (C=O) groups excluding carboxylic acids is 1. The van der Waals surface area contributed by atoms with Crippen LogP contribution in [0, 0.1) is 5.82 Å². The van der Waals surface area contributed by atoms with Gasteiger partial charge in [0.2, 0.25) is 5.91 Å². The molecule has 0 bridgehead atoms. The number of alkyl halides is 3. The Kier molecular flexibility index (Phi) is 6.79. The van der Waals surface area contributed by atoms with E-state index < -0.39 is 28.7 Å². The van der Waals surface area contributed by atoms with E-state index in [9.17, 15) is 22.4 Å². The van der Waals surface area contributed by atoms with Crippen LogP contribution in [0.25, 0.3) is 11.4 Å². The lowest BCUT2D eigenvalue weighted by Crippen LogP contribution is -2.23. The number of anilines is 1. The average Bonchev–Trinajstić information content (AvgIpc) is 3.10. The van der Waals surface area contributed by atoms with Crippen molar-refractivity contribution in [3.05, 3.63) is 72.6 Å². The fourth-order valence-electron chi connectivity index (χ4n) is 2.71. The highest BCUT2D eigenvalue weighted by molar-refractivity contribution is 8.00. The van der Waals surface area contributed by atoms with Gasteiger partial charge in [0, 0.05) is 12.2 Å². The minimum atomic E-state index is -4.45. The van der Waals surface area contributed by atoms with Crippen LogP contribution in [0.15, 0.2) is 66.3 Å². The number of amides is 1. The van der Waals surface area contributed by atoms with Gasteiger partial charge in [-0.15, -0.1) is 16.8 Å². The van der Waals surface area contributed by atoms with Crippen LogP contribution in [0.2, 0.25) is 0 Å². The minimum absolute atomic E-state index is 0.241. The summed E-state index contributed by atoms with van der Waals surface area (Å²) in [5, 5.41) is 10.4. The van der Waals surface area contributed by atoms with Gasteiger partial charge in [-0.25, -0.2) is 4.39 Å². The third-order valence-electron chi connectivity index (χ3n) is 4.27. The molecule has 1 N–H and O–H groups in total. The lowest BCUT2D eigenvalue weighted by atomic mass is 10.2. The van der Waals surface area contributed by atoms with Crippen molar-refractivity contribution in [1.82, 2.24) is 14.8 Å². The summed E-state index contributed by atoms with van der Waals surface area (Å²) in [7, 11) is 0. The van der Waals surface area contributed by atoms with Crippen molar-refractivity contribution in [2.45, 2.75) is 30.1 Å². The Bertz CT molecular complexity index is 1080. The highest BCUT2D eigenvalue weighted by atomic mass is 32.2. The van der Waals surface area contributed by atoms with E-state index in [1.54, 1.807) is 35.8 Å². The van der Waals surface area contributed by atoms with E-state index in [0.717, 1.165) is 23.9 Å². The van der Waals surface area contributed by atoms with Gasteiger partial charge in [-0.2, -0.15) is 13.2 Å². The fraction of sp³-hybridized carbons (Fsp3) is 0.190. The Morgan fingerprint density at radius 2 is 1.87 bits per heavy atom. The van der Waals surface area contributed by atoms with Crippen molar-refractivity contribution < 1.29 is 22.4 Å². The Hall–Kier alpha value is -3.14. The van der Waals surface area contributed by atoms with Crippen LogP contribution in [0.3, 0.4) is 0 Å². The highest BCUT2D eigenvalue weighted by Gasteiger charge is 2.30. The van der Waals surface area contributed by atoms with E-state index in [-0.39, 0.29) is 11.3 Å². The van der Waals surface area contributed by atoms with E-state index in [2.05, 4.69) is 22.1 Å². The molecule has 1 aromatic heterocycles. The fourth-order valence-corrected chi connectivity index (χ4v) is 3.57. The van der Waals surface area contributed by atoms with Gasteiger partial charge in [0.15, 0.2) is 11.0 Å². The van der Waals surface area contributed by atoms with Crippen LogP contribution < -0.4 is 5.32 Å². The molecule has 0 aliphatic rings. The smallest absolute Gasteiger partial charge is 0.325 e. The molecule has 0 saturated heterocycles. The lowest BCUT2D eigenvalue weighted by molar-refractivity contribution is -0.137. The summed E-state index contributed by atoms with van der Waals surface area (Å²) in [6.07, 6.45) is -2.85. The number of hydrogen-bond donors (Lipinski definition) is 1. The SMILES string of the molecule is C=CCn1c(SC(C)C(=O)Nc2ccc(C(F)(F)F)cc2)nnc1-c1ccccc1F. The normalized spacial score (nSPS) is 12.4. The second-order valence-corrected chi connectivity index (χ2v) is 7.82. The Balaban J connectivity index is 1.75. The molecule has 0 aliphatic carbocycles. The van der Waals surface area contributed by atoms with E-state index in [1.807, 2.05) is 0 Å². The van der Waals surface area contributed by atoms with Gasteiger partial charge in [0.25, 0.3) is 0 Å². The number of nitrogens with zero attached hydrogens (tertiary/aromatic N) is 3. The van der Waals surface area contributed by atoms with Crippen LogP contribution in [0.4, 0.5) is 23.2 Å². The predicted octanol–water partition coefficient (Wildman–Crippen LogP) is 5.41. The molecular formula is C21H18F4N4OS. The molecule has 3 aromatic rings. The first-order valence-electron chi connectivity index (χ1n) is 9.14. The van der Waals surface area contributed by atoms with E-state index in [0.29, 0.717) is 17.5 Å². The molecule has 1 amide bonds. The number of carbonyl (C=O) groups is 1. The second-order valence-electron chi connectivity index (χ2n) is 6.51. The van der Waals surface area contributed by atoms with Crippen molar-refractivity contribution >= 4 is 23.4 Å². The first kappa shape index (κ1) is 22.5. The zero-order valence-corrected chi connectivity index (χ0v) is 17.2. The largest absolute Gasteiger partial charge is 0.416 e. The van der Waals surface area contributed by atoms with Crippen LogP contribution in [0.1, 0.15) is 12.5 Å². The van der Waals surface area contributed by atoms with Crippen molar-refractivity contribution in [2.75, 3.05) is 5.32 Å². The molecule has 0 saturated carbocycles. The third-order valence-corrected chi connectivity index (χ3v) is 5.35. The first-order valence-corrected chi connectivity index (χ1v) is 10.0. The molecule has 0 spiro atoms. The summed E-state index contributed by atoms with van der Waals surface area (Å²) < 4.78 is 53.8. The van der Waals surface area contributed by atoms with Crippen molar-refractivity contribution in [2.24, 2.45) is 0 Å². The minimum Gasteiger partial charge on any atom is -0.325 e. The van der Waals surface area contributed by atoms with Crippen LogP contribution in [0.5, 0.6) is 0 Å². The van der Waals surface area contributed by atoms with Gasteiger partial charge in [-0.05, 0) is 43.3 Å². The van der Waals surface area contributed by atoms with Crippen LogP contribution in [-0.2, 0) is 17.5 Å². The molecule has 1 atom stereocenters. The zero-order valence-electron chi connectivity index (χ0n) is 16.4. The summed E-state index contributed by atoms with van der Waals surface area (Å²) in [5.41, 5.74) is -0.290. The van der Waals surface area contributed by atoms with Crippen molar-refractivity contribution in [1.29, 1.82) is 0 Å². The number of halogens is 4.